The molecule has 2 aromatic rings. The van der Waals surface area contributed by atoms with Gasteiger partial charge in [0.25, 0.3) is 0 Å². The highest BCUT2D eigenvalue weighted by atomic mass is 15.3. The molecule has 22 heavy (non-hydrogen) atoms. The van der Waals surface area contributed by atoms with Gasteiger partial charge < -0.3 is 4.90 Å². The van der Waals surface area contributed by atoms with Crippen LogP contribution in [0.25, 0.3) is 0 Å². The first-order valence-corrected chi connectivity index (χ1v) is 8.22. The van der Waals surface area contributed by atoms with Gasteiger partial charge in [0.15, 0.2) is 0 Å². The molecule has 0 aliphatic carbocycles. The Morgan fingerprint density at radius 3 is 2.27 bits per heavy atom. The van der Waals surface area contributed by atoms with Gasteiger partial charge in [-0.1, -0.05) is 42.0 Å². The Bertz CT molecular complexity index is 640. The van der Waals surface area contributed by atoms with E-state index in [1.165, 1.54) is 27.9 Å². The standard InChI is InChI=1S/C20H26N2/c1-16-8-9-17(2)19(14-16)15-21-10-12-22(13-11-21)20-7-5-4-6-18(20)3/h4-9,14H,10-13,15H2,1-3H3. The van der Waals surface area contributed by atoms with E-state index in [1.54, 1.807) is 0 Å². The zero-order valence-corrected chi connectivity index (χ0v) is 14.0. The van der Waals surface area contributed by atoms with Gasteiger partial charge >= 0.3 is 0 Å². The van der Waals surface area contributed by atoms with Gasteiger partial charge in [-0.15, -0.1) is 0 Å². The molecule has 116 valence electrons. The SMILES string of the molecule is Cc1ccc(C)c(CN2CCN(c3ccccc3C)CC2)c1. The maximum atomic E-state index is 2.58. The molecule has 0 amide bonds. The number of hydrogen-bond acceptors (Lipinski definition) is 2. The van der Waals surface area contributed by atoms with Gasteiger partial charge in [-0.3, -0.25) is 4.90 Å². The van der Waals surface area contributed by atoms with Crippen LogP contribution in [0, 0.1) is 20.8 Å². The molecule has 0 spiro atoms. The Kier molecular flexibility index (Phi) is 4.49. The lowest BCUT2D eigenvalue weighted by Crippen LogP contribution is -2.46. The molecule has 0 aromatic heterocycles. The van der Waals surface area contributed by atoms with Gasteiger partial charge in [-0.2, -0.15) is 0 Å². The van der Waals surface area contributed by atoms with E-state index in [1.807, 2.05) is 0 Å². The summed E-state index contributed by atoms with van der Waals surface area (Å²) in [4.78, 5) is 5.10. The molecule has 0 radical (unpaired) electrons. The highest BCUT2D eigenvalue weighted by Gasteiger charge is 2.18. The summed E-state index contributed by atoms with van der Waals surface area (Å²) >= 11 is 0. The summed E-state index contributed by atoms with van der Waals surface area (Å²) in [5, 5.41) is 0. The third-order valence-electron chi connectivity index (χ3n) is 4.73. The van der Waals surface area contributed by atoms with Gasteiger partial charge in [0.2, 0.25) is 0 Å². The quantitative estimate of drug-likeness (QED) is 0.846. The number of anilines is 1. The van der Waals surface area contributed by atoms with Crippen molar-refractivity contribution < 1.29 is 0 Å². The maximum Gasteiger partial charge on any atom is 0.0396 e. The molecule has 1 saturated heterocycles. The molecule has 0 saturated carbocycles. The Morgan fingerprint density at radius 2 is 1.55 bits per heavy atom. The van der Waals surface area contributed by atoms with E-state index in [0.717, 1.165) is 32.7 Å². The normalized spacial score (nSPS) is 16.0. The summed E-state index contributed by atoms with van der Waals surface area (Å²) < 4.78 is 0. The van der Waals surface area contributed by atoms with Crippen molar-refractivity contribution in [1.29, 1.82) is 0 Å². The van der Waals surface area contributed by atoms with Crippen LogP contribution in [-0.2, 0) is 6.54 Å². The first-order chi connectivity index (χ1) is 10.6. The minimum absolute atomic E-state index is 1.08. The van der Waals surface area contributed by atoms with E-state index >= 15 is 0 Å². The number of nitrogens with zero attached hydrogens (tertiary/aromatic N) is 2. The molecule has 1 heterocycles. The minimum atomic E-state index is 1.08. The predicted molar refractivity (Wildman–Crippen MR) is 94.6 cm³/mol. The van der Waals surface area contributed by atoms with Crippen molar-refractivity contribution in [3.8, 4) is 0 Å². The van der Waals surface area contributed by atoms with Crippen molar-refractivity contribution >= 4 is 5.69 Å². The average molecular weight is 294 g/mol. The largest absolute Gasteiger partial charge is 0.369 e. The Morgan fingerprint density at radius 1 is 0.818 bits per heavy atom. The first kappa shape index (κ1) is 15.1. The van der Waals surface area contributed by atoms with Crippen LogP contribution in [0.4, 0.5) is 5.69 Å². The smallest absolute Gasteiger partial charge is 0.0396 e. The molecule has 0 unspecified atom stereocenters. The minimum Gasteiger partial charge on any atom is -0.369 e. The van der Waals surface area contributed by atoms with Crippen LogP contribution in [0.1, 0.15) is 22.3 Å². The lowest BCUT2D eigenvalue weighted by Gasteiger charge is -2.37. The third kappa shape index (κ3) is 3.33. The van der Waals surface area contributed by atoms with E-state index < -0.39 is 0 Å². The van der Waals surface area contributed by atoms with Gasteiger partial charge in [0.1, 0.15) is 0 Å². The number of rotatable bonds is 3. The number of para-hydroxylation sites is 1. The topological polar surface area (TPSA) is 6.48 Å². The average Bonchev–Trinajstić information content (AvgIpc) is 2.52. The third-order valence-corrected chi connectivity index (χ3v) is 4.73. The first-order valence-electron chi connectivity index (χ1n) is 8.22. The van der Waals surface area contributed by atoms with Gasteiger partial charge in [-0.25, -0.2) is 0 Å². The molecule has 0 atom stereocenters. The summed E-state index contributed by atoms with van der Waals surface area (Å²) in [6.07, 6.45) is 0. The summed E-state index contributed by atoms with van der Waals surface area (Å²) in [7, 11) is 0. The van der Waals surface area contributed by atoms with Crippen LogP contribution in [0.3, 0.4) is 0 Å². The molecule has 0 bridgehead atoms. The molecule has 2 heteroatoms. The summed E-state index contributed by atoms with van der Waals surface area (Å²) in [6.45, 7) is 12.2. The second-order valence-corrected chi connectivity index (χ2v) is 6.48. The van der Waals surface area contributed by atoms with Crippen molar-refractivity contribution in [3.05, 3.63) is 64.7 Å². The lowest BCUT2D eigenvalue weighted by molar-refractivity contribution is 0.249. The van der Waals surface area contributed by atoms with Gasteiger partial charge in [0.05, 0.1) is 0 Å². The second kappa shape index (κ2) is 6.53. The summed E-state index contributed by atoms with van der Waals surface area (Å²) in [6, 6.07) is 15.5. The molecular weight excluding hydrogens is 268 g/mol. The fourth-order valence-electron chi connectivity index (χ4n) is 3.28. The lowest BCUT2D eigenvalue weighted by atomic mass is 10.0. The fourth-order valence-corrected chi connectivity index (χ4v) is 3.28. The Hall–Kier alpha value is -1.80. The molecule has 1 aliphatic rings. The van der Waals surface area contributed by atoms with E-state index in [4.69, 9.17) is 0 Å². The Balaban J connectivity index is 1.62. The maximum absolute atomic E-state index is 2.58. The van der Waals surface area contributed by atoms with Gasteiger partial charge in [0, 0.05) is 38.4 Å². The number of aryl methyl sites for hydroxylation is 3. The Labute approximate surface area is 134 Å². The second-order valence-electron chi connectivity index (χ2n) is 6.48. The van der Waals surface area contributed by atoms with E-state index in [-0.39, 0.29) is 0 Å². The van der Waals surface area contributed by atoms with Gasteiger partial charge in [-0.05, 0) is 43.5 Å². The van der Waals surface area contributed by atoms with Crippen LogP contribution < -0.4 is 4.90 Å². The van der Waals surface area contributed by atoms with Crippen molar-refractivity contribution in [2.45, 2.75) is 27.3 Å². The monoisotopic (exact) mass is 294 g/mol. The molecule has 3 rings (SSSR count). The molecule has 2 aromatic carbocycles. The van der Waals surface area contributed by atoms with E-state index in [9.17, 15) is 0 Å². The van der Waals surface area contributed by atoms with E-state index in [2.05, 4.69) is 73.0 Å². The molecular formula is C20H26N2. The molecule has 1 aliphatic heterocycles. The summed E-state index contributed by atoms with van der Waals surface area (Å²) in [5.41, 5.74) is 7.02. The number of benzene rings is 2. The van der Waals surface area contributed by atoms with Crippen molar-refractivity contribution in [2.24, 2.45) is 0 Å². The van der Waals surface area contributed by atoms with Crippen LogP contribution in [0.5, 0.6) is 0 Å². The zero-order valence-electron chi connectivity index (χ0n) is 14.0. The van der Waals surface area contributed by atoms with Crippen molar-refractivity contribution in [3.63, 3.8) is 0 Å². The van der Waals surface area contributed by atoms with Crippen LogP contribution in [-0.4, -0.2) is 31.1 Å². The molecule has 0 N–H and O–H groups in total. The van der Waals surface area contributed by atoms with Crippen LogP contribution >= 0.6 is 0 Å². The fraction of sp³-hybridized carbons (Fsp3) is 0.400. The zero-order chi connectivity index (χ0) is 15.5. The highest BCUT2D eigenvalue weighted by molar-refractivity contribution is 5.53. The number of hydrogen-bond donors (Lipinski definition) is 0. The summed E-state index contributed by atoms with van der Waals surface area (Å²) in [5.74, 6) is 0. The van der Waals surface area contributed by atoms with Crippen molar-refractivity contribution in [2.75, 3.05) is 31.1 Å². The molecule has 1 fully saturated rings. The van der Waals surface area contributed by atoms with Crippen molar-refractivity contribution in [1.82, 2.24) is 4.90 Å². The van der Waals surface area contributed by atoms with E-state index in [0.29, 0.717) is 0 Å². The highest BCUT2D eigenvalue weighted by Crippen LogP contribution is 2.22. The van der Waals surface area contributed by atoms with Crippen LogP contribution in [0.15, 0.2) is 42.5 Å². The number of piperazine rings is 1. The predicted octanol–water partition coefficient (Wildman–Crippen LogP) is 3.93. The van der Waals surface area contributed by atoms with Crippen LogP contribution in [0.2, 0.25) is 0 Å². The molecule has 2 nitrogen and oxygen atoms in total.